The first-order valence-corrected chi connectivity index (χ1v) is 8.34. The zero-order chi connectivity index (χ0) is 14.5. The number of amides is 1. The monoisotopic (exact) mass is 283 g/mol. The number of benzene rings is 1. The summed E-state index contributed by atoms with van der Waals surface area (Å²) in [5.41, 5.74) is 1.43. The Hall–Kier alpha value is -1.36. The Morgan fingerprint density at radius 2 is 1.95 bits per heavy atom. The first-order valence-electron chi connectivity index (χ1n) is 6.45. The molecule has 1 aromatic rings. The van der Waals surface area contributed by atoms with Crippen LogP contribution in [0.3, 0.4) is 0 Å². The van der Waals surface area contributed by atoms with Crippen molar-refractivity contribution in [2.75, 3.05) is 11.6 Å². The smallest absolute Gasteiger partial charge is 0.224 e. The van der Waals surface area contributed by atoms with Crippen molar-refractivity contribution in [1.82, 2.24) is 0 Å². The van der Waals surface area contributed by atoms with Crippen molar-refractivity contribution in [3.8, 4) is 0 Å². The lowest BCUT2D eigenvalue weighted by Gasteiger charge is -2.10. The van der Waals surface area contributed by atoms with Gasteiger partial charge in [0.1, 0.15) is 0 Å². The lowest BCUT2D eigenvalue weighted by atomic mass is 10.1. The molecule has 0 saturated heterocycles. The molecule has 0 saturated carbocycles. The van der Waals surface area contributed by atoms with Crippen LogP contribution in [0.25, 0.3) is 0 Å². The average Bonchev–Trinajstić information content (AvgIpc) is 2.31. The summed E-state index contributed by atoms with van der Waals surface area (Å²) in [7, 11) is -3.25. The number of carbonyl (C=O) groups excluding carboxylic acids is 1. The first-order chi connectivity index (χ1) is 8.84. The highest BCUT2D eigenvalue weighted by atomic mass is 32.2. The van der Waals surface area contributed by atoms with Gasteiger partial charge in [0.15, 0.2) is 9.84 Å². The molecule has 0 aliphatic heterocycles. The van der Waals surface area contributed by atoms with Gasteiger partial charge in [-0.2, -0.15) is 0 Å². The SMILES string of the molecule is CCCCCC(=O)Nc1cc(S(C)(=O)=O)ccc1C. The molecule has 1 aromatic carbocycles. The van der Waals surface area contributed by atoms with Gasteiger partial charge in [0.25, 0.3) is 0 Å². The van der Waals surface area contributed by atoms with E-state index in [1.54, 1.807) is 12.1 Å². The molecule has 0 aliphatic carbocycles. The normalized spacial score (nSPS) is 11.3. The molecule has 0 spiro atoms. The standard InChI is InChI=1S/C14H21NO3S/c1-4-5-6-7-14(16)15-13-10-12(19(3,17)18)9-8-11(13)2/h8-10H,4-7H2,1-3H3,(H,15,16). The molecule has 0 fully saturated rings. The summed E-state index contributed by atoms with van der Waals surface area (Å²) in [6, 6.07) is 4.78. The molecule has 0 radical (unpaired) electrons. The highest BCUT2D eigenvalue weighted by molar-refractivity contribution is 7.90. The molecule has 0 unspecified atom stereocenters. The van der Waals surface area contributed by atoms with E-state index in [0.717, 1.165) is 31.1 Å². The molecule has 19 heavy (non-hydrogen) atoms. The van der Waals surface area contributed by atoms with Crippen LogP contribution in [0.4, 0.5) is 5.69 Å². The Morgan fingerprint density at radius 3 is 2.53 bits per heavy atom. The molecule has 1 amide bonds. The summed E-state index contributed by atoms with van der Waals surface area (Å²) in [6.07, 6.45) is 4.57. The van der Waals surface area contributed by atoms with E-state index in [1.165, 1.54) is 6.07 Å². The van der Waals surface area contributed by atoms with E-state index in [1.807, 2.05) is 6.92 Å². The van der Waals surface area contributed by atoms with E-state index in [2.05, 4.69) is 12.2 Å². The van der Waals surface area contributed by atoms with Gasteiger partial charge >= 0.3 is 0 Å². The van der Waals surface area contributed by atoms with E-state index in [0.29, 0.717) is 12.1 Å². The van der Waals surface area contributed by atoms with Gasteiger partial charge in [-0.25, -0.2) is 8.42 Å². The van der Waals surface area contributed by atoms with Crippen molar-refractivity contribution in [3.05, 3.63) is 23.8 Å². The van der Waals surface area contributed by atoms with Gasteiger partial charge in [-0.1, -0.05) is 25.8 Å². The average molecular weight is 283 g/mol. The zero-order valence-electron chi connectivity index (χ0n) is 11.7. The number of nitrogens with one attached hydrogen (secondary N) is 1. The molecule has 1 rings (SSSR count). The summed E-state index contributed by atoms with van der Waals surface area (Å²) in [4.78, 5) is 12.0. The van der Waals surface area contributed by atoms with Crippen LogP contribution in [-0.4, -0.2) is 20.6 Å². The fourth-order valence-electron chi connectivity index (χ4n) is 1.71. The van der Waals surface area contributed by atoms with Crippen LogP contribution in [0.1, 0.15) is 38.2 Å². The summed E-state index contributed by atoms with van der Waals surface area (Å²) in [5, 5.41) is 2.78. The van der Waals surface area contributed by atoms with Crippen molar-refractivity contribution in [1.29, 1.82) is 0 Å². The molecule has 106 valence electrons. The van der Waals surface area contributed by atoms with Crippen molar-refractivity contribution < 1.29 is 13.2 Å². The molecular weight excluding hydrogens is 262 g/mol. The Kier molecular flexibility index (Phi) is 5.54. The van der Waals surface area contributed by atoms with Crippen LogP contribution < -0.4 is 5.32 Å². The molecular formula is C14H21NO3S. The van der Waals surface area contributed by atoms with E-state index in [9.17, 15) is 13.2 Å². The molecule has 1 N–H and O–H groups in total. The zero-order valence-corrected chi connectivity index (χ0v) is 12.5. The van der Waals surface area contributed by atoms with Crippen molar-refractivity contribution >= 4 is 21.4 Å². The second-order valence-corrected chi connectivity index (χ2v) is 6.77. The highest BCUT2D eigenvalue weighted by Gasteiger charge is 2.11. The molecule has 4 nitrogen and oxygen atoms in total. The fourth-order valence-corrected chi connectivity index (χ4v) is 2.36. The summed E-state index contributed by atoms with van der Waals surface area (Å²) >= 11 is 0. The minimum atomic E-state index is -3.25. The molecule has 5 heteroatoms. The topological polar surface area (TPSA) is 63.2 Å². The fraction of sp³-hybridized carbons (Fsp3) is 0.500. The van der Waals surface area contributed by atoms with E-state index in [4.69, 9.17) is 0 Å². The number of aryl methyl sites for hydroxylation is 1. The predicted molar refractivity (Wildman–Crippen MR) is 77.1 cm³/mol. The van der Waals surface area contributed by atoms with Crippen molar-refractivity contribution in [3.63, 3.8) is 0 Å². The maximum atomic E-state index is 11.7. The number of rotatable bonds is 6. The molecule has 0 aliphatic rings. The van der Waals surface area contributed by atoms with E-state index < -0.39 is 9.84 Å². The third kappa shape index (κ3) is 5.03. The molecule has 0 bridgehead atoms. The maximum Gasteiger partial charge on any atom is 0.224 e. The summed E-state index contributed by atoms with van der Waals surface area (Å²) < 4.78 is 23.0. The van der Waals surface area contributed by atoms with Gasteiger partial charge < -0.3 is 5.32 Å². The van der Waals surface area contributed by atoms with Crippen LogP contribution in [0.5, 0.6) is 0 Å². The molecule has 0 atom stereocenters. The van der Waals surface area contributed by atoms with Crippen molar-refractivity contribution in [2.45, 2.75) is 44.4 Å². The number of hydrogen-bond donors (Lipinski definition) is 1. The Labute approximate surface area is 115 Å². The number of carbonyl (C=O) groups is 1. The van der Waals surface area contributed by atoms with Gasteiger partial charge in [0, 0.05) is 18.4 Å². The molecule has 0 heterocycles. The third-order valence-corrected chi connectivity index (χ3v) is 4.03. The second kappa shape index (κ2) is 6.70. The van der Waals surface area contributed by atoms with Crippen LogP contribution in [0, 0.1) is 6.92 Å². The van der Waals surface area contributed by atoms with Crippen LogP contribution in [0.2, 0.25) is 0 Å². The Bertz CT molecular complexity index is 550. The predicted octanol–water partition coefficient (Wildman–Crippen LogP) is 2.92. The summed E-state index contributed by atoms with van der Waals surface area (Å²) in [5.74, 6) is -0.0674. The quantitative estimate of drug-likeness (QED) is 0.816. The largest absolute Gasteiger partial charge is 0.326 e. The van der Waals surface area contributed by atoms with Crippen LogP contribution in [-0.2, 0) is 14.6 Å². The van der Waals surface area contributed by atoms with Crippen LogP contribution >= 0.6 is 0 Å². The molecule has 0 aromatic heterocycles. The number of anilines is 1. The minimum absolute atomic E-state index is 0.0674. The lowest BCUT2D eigenvalue weighted by molar-refractivity contribution is -0.116. The van der Waals surface area contributed by atoms with Gasteiger partial charge in [-0.15, -0.1) is 0 Å². The minimum Gasteiger partial charge on any atom is -0.326 e. The van der Waals surface area contributed by atoms with Crippen LogP contribution in [0.15, 0.2) is 23.1 Å². The number of sulfone groups is 1. The van der Waals surface area contributed by atoms with Crippen molar-refractivity contribution in [2.24, 2.45) is 0 Å². The number of hydrogen-bond acceptors (Lipinski definition) is 3. The van der Waals surface area contributed by atoms with Gasteiger partial charge in [-0.3, -0.25) is 4.79 Å². The Morgan fingerprint density at radius 1 is 1.26 bits per heavy atom. The van der Waals surface area contributed by atoms with E-state index in [-0.39, 0.29) is 10.8 Å². The first kappa shape index (κ1) is 15.7. The number of unbranched alkanes of at least 4 members (excludes halogenated alkanes) is 2. The van der Waals surface area contributed by atoms with Gasteiger partial charge in [0.05, 0.1) is 4.90 Å². The third-order valence-electron chi connectivity index (χ3n) is 2.92. The van der Waals surface area contributed by atoms with E-state index >= 15 is 0 Å². The highest BCUT2D eigenvalue weighted by Crippen LogP contribution is 2.20. The van der Waals surface area contributed by atoms with Gasteiger partial charge in [-0.05, 0) is 31.0 Å². The maximum absolute atomic E-state index is 11.7. The second-order valence-electron chi connectivity index (χ2n) is 4.75. The lowest BCUT2D eigenvalue weighted by Crippen LogP contribution is -2.12. The summed E-state index contributed by atoms with van der Waals surface area (Å²) in [6.45, 7) is 3.92. The Balaban J connectivity index is 2.80. The van der Waals surface area contributed by atoms with Gasteiger partial charge in [0.2, 0.25) is 5.91 Å².